The number of fused-ring (bicyclic) bond motifs is 1. The zero-order chi connectivity index (χ0) is 23.4. The van der Waals surface area contributed by atoms with Crippen molar-refractivity contribution in [1.29, 1.82) is 0 Å². The highest BCUT2D eigenvalue weighted by molar-refractivity contribution is 6.32. The van der Waals surface area contributed by atoms with Crippen LogP contribution >= 0.6 is 11.6 Å². The topological polar surface area (TPSA) is 97.0 Å². The van der Waals surface area contributed by atoms with E-state index in [1.165, 1.54) is 4.57 Å². The van der Waals surface area contributed by atoms with Gasteiger partial charge in [0.2, 0.25) is 0 Å². The molecule has 0 unspecified atom stereocenters. The molecule has 0 aliphatic rings. The highest BCUT2D eigenvalue weighted by Gasteiger charge is 2.21. The number of aromatic amines is 1. The highest BCUT2D eigenvalue weighted by Crippen LogP contribution is 2.29. The fraction of sp³-hybridized carbons (Fsp3) is 0.240. The summed E-state index contributed by atoms with van der Waals surface area (Å²) < 4.78 is 1.43. The number of nitrogens with one attached hydrogen (secondary N) is 1. The summed E-state index contributed by atoms with van der Waals surface area (Å²) in [4.78, 5) is 34.3. The van der Waals surface area contributed by atoms with Gasteiger partial charge < -0.3 is 10.6 Å². The Morgan fingerprint density at radius 3 is 2.61 bits per heavy atom. The second kappa shape index (κ2) is 9.92. The van der Waals surface area contributed by atoms with Crippen LogP contribution in [-0.4, -0.2) is 14.5 Å². The average Bonchev–Trinajstić information content (AvgIpc) is 2.81. The molecule has 0 saturated carbocycles. The van der Waals surface area contributed by atoms with Crippen LogP contribution in [0.5, 0.6) is 0 Å². The molecule has 0 amide bonds. The molecule has 7 nitrogen and oxygen atoms in total. The Labute approximate surface area is 196 Å². The van der Waals surface area contributed by atoms with Gasteiger partial charge in [0.1, 0.15) is 11.5 Å². The van der Waals surface area contributed by atoms with E-state index in [9.17, 15) is 9.59 Å². The number of hydrogen-bond donors (Lipinski definition) is 2. The zero-order valence-electron chi connectivity index (χ0n) is 18.4. The first-order valence-electron chi connectivity index (χ1n) is 10.9. The van der Waals surface area contributed by atoms with Crippen molar-refractivity contribution < 1.29 is 0 Å². The van der Waals surface area contributed by atoms with Crippen LogP contribution in [0.4, 0.5) is 11.5 Å². The molecule has 170 valence electrons. The molecule has 0 atom stereocenters. The van der Waals surface area contributed by atoms with E-state index in [1.54, 1.807) is 6.20 Å². The average molecular weight is 464 g/mol. The minimum absolute atomic E-state index is 0.150. The number of hydrogen-bond acceptors (Lipinski definition) is 5. The van der Waals surface area contributed by atoms with Crippen LogP contribution < -0.4 is 21.9 Å². The molecule has 2 heterocycles. The van der Waals surface area contributed by atoms with E-state index in [-0.39, 0.29) is 11.5 Å². The van der Waals surface area contributed by atoms with Crippen molar-refractivity contribution in [3.63, 3.8) is 0 Å². The number of nitrogens with two attached hydrogens (primary N) is 1. The SMILES string of the molecule is CCCCn1c(N)c(N(Cc2ccccc2)Cc2c(Cl)ccc3cccnc23)c(=O)[nH]c1=O. The van der Waals surface area contributed by atoms with Gasteiger partial charge in [0.15, 0.2) is 0 Å². The number of benzene rings is 2. The monoisotopic (exact) mass is 463 g/mol. The van der Waals surface area contributed by atoms with Gasteiger partial charge >= 0.3 is 5.69 Å². The van der Waals surface area contributed by atoms with Gasteiger partial charge in [0, 0.05) is 41.8 Å². The van der Waals surface area contributed by atoms with Crippen LogP contribution in [0.3, 0.4) is 0 Å². The largest absolute Gasteiger partial charge is 0.383 e. The summed E-state index contributed by atoms with van der Waals surface area (Å²) in [6.45, 7) is 3.16. The quantitative estimate of drug-likeness (QED) is 0.405. The number of anilines is 2. The van der Waals surface area contributed by atoms with E-state index < -0.39 is 11.2 Å². The first kappa shape index (κ1) is 22.6. The molecule has 0 bridgehead atoms. The third kappa shape index (κ3) is 4.78. The summed E-state index contributed by atoms with van der Waals surface area (Å²) in [7, 11) is 0. The zero-order valence-corrected chi connectivity index (χ0v) is 19.2. The lowest BCUT2D eigenvalue weighted by Gasteiger charge is -2.27. The lowest BCUT2D eigenvalue weighted by Crippen LogP contribution is -2.38. The number of halogens is 1. The predicted octanol–water partition coefficient (Wildman–Crippen LogP) is 4.33. The number of H-pyrrole nitrogens is 1. The van der Waals surface area contributed by atoms with Gasteiger partial charge in [-0.05, 0) is 24.1 Å². The molecule has 0 fully saturated rings. The van der Waals surface area contributed by atoms with Crippen molar-refractivity contribution >= 4 is 34.0 Å². The molecule has 2 aromatic carbocycles. The summed E-state index contributed by atoms with van der Waals surface area (Å²) in [5.74, 6) is 0.150. The van der Waals surface area contributed by atoms with Gasteiger partial charge in [-0.2, -0.15) is 0 Å². The van der Waals surface area contributed by atoms with Crippen LogP contribution in [-0.2, 0) is 19.6 Å². The standard InChI is InChI=1S/C25H26ClN5O2/c1-2-3-14-31-23(27)22(24(32)29-25(31)33)30(15-17-8-5-4-6-9-17)16-19-20(26)12-11-18-10-7-13-28-21(18)19/h4-13H,2-3,14-16,27H2,1H3,(H,29,32,33). The molecule has 3 N–H and O–H groups in total. The van der Waals surface area contributed by atoms with Crippen LogP contribution in [0.15, 0.2) is 70.4 Å². The minimum Gasteiger partial charge on any atom is -0.383 e. The number of nitrogens with zero attached hydrogens (tertiary/aromatic N) is 3. The Bertz CT molecular complexity index is 1380. The lowest BCUT2D eigenvalue weighted by molar-refractivity contribution is 0.602. The Balaban J connectivity index is 1.87. The number of nitrogen functional groups attached to an aromatic ring is 1. The second-order valence-corrected chi connectivity index (χ2v) is 8.35. The van der Waals surface area contributed by atoms with E-state index in [1.807, 2.05) is 66.4 Å². The third-order valence-electron chi connectivity index (χ3n) is 5.65. The molecule has 0 saturated heterocycles. The van der Waals surface area contributed by atoms with Gasteiger partial charge in [-0.1, -0.05) is 67.4 Å². The van der Waals surface area contributed by atoms with E-state index in [0.717, 1.165) is 34.9 Å². The number of rotatable bonds is 8. The molecule has 0 aliphatic heterocycles. The third-order valence-corrected chi connectivity index (χ3v) is 6.01. The molecule has 33 heavy (non-hydrogen) atoms. The molecular formula is C25H26ClN5O2. The van der Waals surface area contributed by atoms with E-state index in [0.29, 0.717) is 24.7 Å². The van der Waals surface area contributed by atoms with E-state index >= 15 is 0 Å². The lowest BCUT2D eigenvalue weighted by atomic mass is 10.1. The van der Waals surface area contributed by atoms with E-state index in [2.05, 4.69) is 9.97 Å². The minimum atomic E-state index is -0.523. The summed E-state index contributed by atoms with van der Waals surface area (Å²) in [5, 5.41) is 1.50. The van der Waals surface area contributed by atoms with E-state index in [4.69, 9.17) is 17.3 Å². The number of pyridine rings is 1. The van der Waals surface area contributed by atoms with Gasteiger partial charge in [-0.15, -0.1) is 0 Å². The maximum atomic E-state index is 13.0. The Kier molecular flexibility index (Phi) is 6.79. The van der Waals surface area contributed by atoms with Gasteiger partial charge in [0.05, 0.1) is 5.52 Å². The van der Waals surface area contributed by atoms with Crippen LogP contribution in [0, 0.1) is 0 Å². The Morgan fingerprint density at radius 2 is 1.85 bits per heavy atom. The molecule has 4 rings (SSSR count). The van der Waals surface area contributed by atoms with Crippen molar-refractivity contribution in [1.82, 2.24) is 14.5 Å². The summed E-state index contributed by atoms with van der Waals surface area (Å²) >= 11 is 6.60. The maximum Gasteiger partial charge on any atom is 0.330 e. The Hall–Kier alpha value is -3.58. The molecule has 0 radical (unpaired) electrons. The molecular weight excluding hydrogens is 438 g/mol. The Morgan fingerprint density at radius 1 is 1.06 bits per heavy atom. The molecule has 0 spiro atoms. The molecule has 2 aromatic heterocycles. The van der Waals surface area contributed by atoms with Crippen molar-refractivity contribution in [3.05, 3.63) is 97.8 Å². The summed E-state index contributed by atoms with van der Waals surface area (Å²) in [5.41, 5.74) is 8.20. The predicted molar refractivity (Wildman–Crippen MR) is 134 cm³/mol. The van der Waals surface area contributed by atoms with Gasteiger partial charge in [-0.3, -0.25) is 19.3 Å². The molecule has 0 aliphatic carbocycles. The summed E-state index contributed by atoms with van der Waals surface area (Å²) in [6, 6.07) is 17.4. The normalized spacial score (nSPS) is 11.1. The van der Waals surface area contributed by atoms with Crippen molar-refractivity contribution in [3.8, 4) is 0 Å². The second-order valence-electron chi connectivity index (χ2n) is 7.94. The van der Waals surface area contributed by atoms with Gasteiger partial charge in [0.25, 0.3) is 5.56 Å². The fourth-order valence-electron chi connectivity index (χ4n) is 3.96. The van der Waals surface area contributed by atoms with Gasteiger partial charge in [-0.25, -0.2) is 4.79 Å². The number of unbranched alkanes of at least 4 members (excludes halogenated alkanes) is 1. The first-order chi connectivity index (χ1) is 16.0. The van der Waals surface area contributed by atoms with Crippen molar-refractivity contribution in [2.45, 2.75) is 39.4 Å². The smallest absolute Gasteiger partial charge is 0.330 e. The maximum absolute atomic E-state index is 13.0. The first-order valence-corrected chi connectivity index (χ1v) is 11.3. The van der Waals surface area contributed by atoms with Crippen LogP contribution in [0.1, 0.15) is 30.9 Å². The van der Waals surface area contributed by atoms with Crippen LogP contribution in [0.2, 0.25) is 5.02 Å². The fourth-order valence-corrected chi connectivity index (χ4v) is 4.17. The highest BCUT2D eigenvalue weighted by atomic mass is 35.5. The van der Waals surface area contributed by atoms with Crippen LogP contribution in [0.25, 0.3) is 10.9 Å². The van der Waals surface area contributed by atoms with Crippen molar-refractivity contribution in [2.75, 3.05) is 10.6 Å². The molecule has 4 aromatic rings. The summed E-state index contributed by atoms with van der Waals surface area (Å²) in [6.07, 6.45) is 3.38. The van der Waals surface area contributed by atoms with Crippen molar-refractivity contribution in [2.24, 2.45) is 0 Å². The number of aromatic nitrogens is 3. The molecule has 8 heteroatoms.